The summed E-state index contributed by atoms with van der Waals surface area (Å²) in [6.45, 7) is 4.22. The molecule has 0 unspecified atom stereocenters. The molecular weight excluding hydrogens is 238 g/mol. The summed E-state index contributed by atoms with van der Waals surface area (Å²) < 4.78 is 4.51. The molecule has 0 atom stereocenters. The van der Waals surface area contributed by atoms with E-state index in [0.29, 0.717) is 13.1 Å². The summed E-state index contributed by atoms with van der Waals surface area (Å²) in [6.07, 6.45) is 0.881. The molecule has 0 radical (unpaired) electrons. The number of nitrogens with one attached hydrogen (secondary N) is 2. The third-order valence-electron chi connectivity index (χ3n) is 2.61. The van der Waals surface area contributed by atoms with Crippen molar-refractivity contribution in [2.24, 2.45) is 0 Å². The number of carbonyl (C=O) groups excluding carboxylic acids is 2. The molecule has 2 rings (SSSR count). The lowest BCUT2D eigenvalue weighted by molar-refractivity contribution is -0.114. The van der Waals surface area contributed by atoms with Crippen molar-refractivity contribution in [1.82, 2.24) is 20.5 Å². The molecule has 1 saturated heterocycles. The normalized spacial score (nSPS) is 16.2. The minimum absolute atomic E-state index is 0.0482. The van der Waals surface area contributed by atoms with Gasteiger partial charge in [0.05, 0.1) is 0 Å². The lowest BCUT2D eigenvalue weighted by Gasteiger charge is -2.18. The molecule has 1 aliphatic rings. The van der Waals surface area contributed by atoms with Gasteiger partial charge in [-0.1, -0.05) is 0 Å². The quantitative estimate of drug-likeness (QED) is 0.734. The highest BCUT2D eigenvalue weighted by Crippen LogP contribution is 2.13. The second-order valence-electron chi connectivity index (χ2n) is 4.04. The Morgan fingerprint density at radius 3 is 2.94 bits per heavy atom. The molecule has 0 aromatic carbocycles. The third kappa shape index (κ3) is 2.83. The van der Waals surface area contributed by atoms with Gasteiger partial charge in [0.25, 0.3) is 5.91 Å². The Morgan fingerprint density at radius 2 is 2.17 bits per heavy atom. The largest absolute Gasteiger partial charge is 0.336 e. The maximum atomic E-state index is 12.2. The second-order valence-corrected chi connectivity index (χ2v) is 4.04. The Labute approximate surface area is 104 Å². The van der Waals surface area contributed by atoms with Crippen molar-refractivity contribution in [1.29, 1.82) is 0 Å². The van der Waals surface area contributed by atoms with Crippen molar-refractivity contribution in [2.75, 3.05) is 31.5 Å². The SMILES string of the molecule is CC(=O)Nc1nonc1C(=O)N1CCCNCC1. The fraction of sp³-hybridized carbons (Fsp3) is 0.600. The van der Waals surface area contributed by atoms with Crippen molar-refractivity contribution < 1.29 is 14.2 Å². The second kappa shape index (κ2) is 5.58. The predicted octanol–water partition coefficient (Wildman–Crippen LogP) is -0.536. The van der Waals surface area contributed by atoms with Crippen molar-refractivity contribution in [3.8, 4) is 0 Å². The van der Waals surface area contributed by atoms with E-state index >= 15 is 0 Å². The Bertz CT molecular complexity index is 436. The third-order valence-corrected chi connectivity index (χ3v) is 2.61. The van der Waals surface area contributed by atoms with Crippen LogP contribution in [0.15, 0.2) is 4.63 Å². The Balaban J connectivity index is 2.12. The number of aromatic nitrogens is 2. The van der Waals surface area contributed by atoms with Crippen LogP contribution in [-0.4, -0.2) is 53.2 Å². The Hall–Kier alpha value is -1.96. The summed E-state index contributed by atoms with van der Waals surface area (Å²) in [5.41, 5.74) is 0.0482. The molecule has 18 heavy (non-hydrogen) atoms. The van der Waals surface area contributed by atoms with E-state index in [1.165, 1.54) is 6.92 Å². The number of carbonyl (C=O) groups is 2. The van der Waals surface area contributed by atoms with E-state index in [1.54, 1.807) is 4.90 Å². The van der Waals surface area contributed by atoms with Gasteiger partial charge in [0.15, 0.2) is 0 Å². The highest BCUT2D eigenvalue weighted by Gasteiger charge is 2.25. The molecule has 1 aliphatic heterocycles. The summed E-state index contributed by atoms with van der Waals surface area (Å²) >= 11 is 0. The number of amides is 2. The van der Waals surface area contributed by atoms with Crippen molar-refractivity contribution in [3.63, 3.8) is 0 Å². The molecule has 2 heterocycles. The minimum atomic E-state index is -0.322. The number of rotatable bonds is 2. The maximum Gasteiger partial charge on any atom is 0.280 e. The number of hydrogen-bond acceptors (Lipinski definition) is 6. The lowest BCUT2D eigenvalue weighted by Crippen LogP contribution is -2.34. The molecule has 0 bridgehead atoms. The van der Waals surface area contributed by atoms with Crippen LogP contribution in [0.2, 0.25) is 0 Å². The smallest absolute Gasteiger partial charge is 0.280 e. The van der Waals surface area contributed by atoms with Crippen LogP contribution in [0.3, 0.4) is 0 Å². The van der Waals surface area contributed by atoms with E-state index in [1.807, 2.05) is 0 Å². The van der Waals surface area contributed by atoms with Gasteiger partial charge in [-0.25, -0.2) is 4.63 Å². The lowest BCUT2D eigenvalue weighted by atomic mass is 10.3. The van der Waals surface area contributed by atoms with Crippen LogP contribution in [-0.2, 0) is 4.79 Å². The first kappa shape index (κ1) is 12.5. The van der Waals surface area contributed by atoms with Gasteiger partial charge in [0.1, 0.15) is 0 Å². The van der Waals surface area contributed by atoms with Gasteiger partial charge in [-0.2, -0.15) is 0 Å². The fourth-order valence-corrected chi connectivity index (χ4v) is 1.78. The van der Waals surface area contributed by atoms with Gasteiger partial charge >= 0.3 is 0 Å². The molecule has 0 aliphatic carbocycles. The standard InChI is InChI=1S/C10H15N5O3/c1-7(16)12-9-8(13-18-14-9)10(17)15-5-2-3-11-4-6-15/h11H,2-6H2,1H3,(H,12,14,16). The highest BCUT2D eigenvalue weighted by molar-refractivity contribution is 6.00. The fourth-order valence-electron chi connectivity index (χ4n) is 1.78. The summed E-state index contributed by atoms with van der Waals surface area (Å²) in [6, 6.07) is 0. The van der Waals surface area contributed by atoms with E-state index in [0.717, 1.165) is 19.5 Å². The van der Waals surface area contributed by atoms with Crippen LogP contribution >= 0.6 is 0 Å². The van der Waals surface area contributed by atoms with Crippen LogP contribution in [0.4, 0.5) is 5.82 Å². The summed E-state index contributed by atoms with van der Waals surface area (Å²) in [5, 5.41) is 12.7. The number of anilines is 1. The zero-order valence-corrected chi connectivity index (χ0v) is 10.1. The zero-order chi connectivity index (χ0) is 13.0. The highest BCUT2D eigenvalue weighted by atomic mass is 16.6. The van der Waals surface area contributed by atoms with Gasteiger partial charge in [0, 0.05) is 26.6 Å². The van der Waals surface area contributed by atoms with Crippen molar-refractivity contribution in [2.45, 2.75) is 13.3 Å². The first-order chi connectivity index (χ1) is 8.68. The molecule has 1 aromatic heterocycles. The molecule has 2 amide bonds. The molecule has 1 aromatic rings. The van der Waals surface area contributed by atoms with Gasteiger partial charge in [0.2, 0.25) is 17.4 Å². The average molecular weight is 253 g/mol. The van der Waals surface area contributed by atoms with E-state index < -0.39 is 0 Å². The minimum Gasteiger partial charge on any atom is -0.336 e. The molecule has 0 saturated carbocycles. The molecule has 2 N–H and O–H groups in total. The van der Waals surface area contributed by atoms with E-state index in [-0.39, 0.29) is 23.3 Å². The monoisotopic (exact) mass is 253 g/mol. The van der Waals surface area contributed by atoms with Crippen LogP contribution in [0, 0.1) is 0 Å². The summed E-state index contributed by atoms with van der Waals surface area (Å²) in [4.78, 5) is 24.8. The molecule has 8 nitrogen and oxygen atoms in total. The predicted molar refractivity (Wildman–Crippen MR) is 62.0 cm³/mol. The number of hydrogen-bond donors (Lipinski definition) is 2. The van der Waals surface area contributed by atoms with Gasteiger partial charge in [-0.3, -0.25) is 9.59 Å². The zero-order valence-electron chi connectivity index (χ0n) is 10.1. The van der Waals surface area contributed by atoms with Crippen LogP contribution in [0.25, 0.3) is 0 Å². The van der Waals surface area contributed by atoms with E-state index in [9.17, 15) is 9.59 Å². The maximum absolute atomic E-state index is 12.2. The van der Waals surface area contributed by atoms with Crippen LogP contribution < -0.4 is 10.6 Å². The van der Waals surface area contributed by atoms with Gasteiger partial charge < -0.3 is 15.5 Å². The van der Waals surface area contributed by atoms with Crippen LogP contribution in [0.1, 0.15) is 23.8 Å². The molecule has 0 spiro atoms. The van der Waals surface area contributed by atoms with Crippen LogP contribution in [0.5, 0.6) is 0 Å². The van der Waals surface area contributed by atoms with Crippen molar-refractivity contribution >= 4 is 17.6 Å². The first-order valence-corrected chi connectivity index (χ1v) is 5.78. The molecule has 8 heteroatoms. The Kier molecular flexibility index (Phi) is 3.88. The topological polar surface area (TPSA) is 100 Å². The molecule has 98 valence electrons. The summed E-state index contributed by atoms with van der Waals surface area (Å²) in [5.74, 6) is -0.523. The first-order valence-electron chi connectivity index (χ1n) is 5.78. The van der Waals surface area contributed by atoms with E-state index in [4.69, 9.17) is 0 Å². The van der Waals surface area contributed by atoms with Crippen molar-refractivity contribution in [3.05, 3.63) is 5.69 Å². The van der Waals surface area contributed by atoms with E-state index in [2.05, 4.69) is 25.6 Å². The van der Waals surface area contributed by atoms with Gasteiger partial charge in [-0.15, -0.1) is 0 Å². The molecular formula is C10H15N5O3. The average Bonchev–Trinajstić information content (AvgIpc) is 2.63. The van der Waals surface area contributed by atoms with Gasteiger partial charge in [-0.05, 0) is 23.3 Å². The number of nitrogens with zero attached hydrogens (tertiary/aromatic N) is 3. The Morgan fingerprint density at radius 1 is 1.33 bits per heavy atom. The summed E-state index contributed by atoms with van der Waals surface area (Å²) in [7, 11) is 0. The molecule has 1 fully saturated rings.